The zero-order chi connectivity index (χ0) is 16.7. The molecule has 1 aliphatic rings. The fourth-order valence-corrected chi connectivity index (χ4v) is 2.62. The molecule has 0 bridgehead atoms. The summed E-state index contributed by atoms with van der Waals surface area (Å²) in [5.74, 6) is -0.524. The molecule has 1 amide bonds. The maximum Gasteiger partial charge on any atom is 0.333 e. The van der Waals surface area contributed by atoms with Gasteiger partial charge in [0.15, 0.2) is 0 Å². The number of nitrogens with one attached hydrogen (secondary N) is 1. The third-order valence-corrected chi connectivity index (χ3v) is 3.80. The normalized spacial score (nSPS) is 23.7. The highest BCUT2D eigenvalue weighted by atomic mass is 35.5. The highest BCUT2D eigenvalue weighted by Gasteiger charge is 2.35. The molecule has 23 heavy (non-hydrogen) atoms. The first-order valence-corrected chi connectivity index (χ1v) is 7.98. The van der Waals surface area contributed by atoms with Gasteiger partial charge in [-0.25, -0.2) is 4.79 Å². The van der Waals surface area contributed by atoms with Gasteiger partial charge in [0, 0.05) is 18.5 Å². The van der Waals surface area contributed by atoms with E-state index in [0.29, 0.717) is 18.6 Å². The summed E-state index contributed by atoms with van der Waals surface area (Å²) in [6.07, 6.45) is 3.48. The van der Waals surface area contributed by atoms with E-state index in [-0.39, 0.29) is 42.5 Å². The Labute approximate surface area is 144 Å². The van der Waals surface area contributed by atoms with Crippen LogP contribution in [-0.4, -0.2) is 42.8 Å². The average Bonchev–Trinajstić information content (AvgIpc) is 2.47. The first-order chi connectivity index (χ1) is 10.4. The van der Waals surface area contributed by atoms with Gasteiger partial charge in [-0.05, 0) is 32.3 Å². The average molecular weight is 349 g/mol. The lowest BCUT2D eigenvalue weighted by molar-refractivity contribution is -0.139. The second-order valence-corrected chi connectivity index (χ2v) is 5.55. The largest absolute Gasteiger partial charge is 0.463 e. The lowest BCUT2D eigenvalue weighted by atomic mass is 9.88. The lowest BCUT2D eigenvalue weighted by Gasteiger charge is -2.36. The Kier molecular flexibility index (Phi) is 10.1. The van der Waals surface area contributed by atoms with Gasteiger partial charge >= 0.3 is 5.97 Å². The van der Waals surface area contributed by atoms with Gasteiger partial charge in [0.25, 0.3) is 0 Å². The van der Waals surface area contributed by atoms with E-state index in [1.165, 1.54) is 6.92 Å². The van der Waals surface area contributed by atoms with Crippen LogP contribution >= 0.6 is 12.4 Å². The molecule has 3 atom stereocenters. The van der Waals surface area contributed by atoms with Crippen LogP contribution in [0.4, 0.5) is 0 Å². The van der Waals surface area contributed by atoms with Crippen LogP contribution in [0.1, 0.15) is 47.0 Å². The number of nitrogens with two attached hydrogens (primary N) is 1. The third kappa shape index (κ3) is 6.49. The Morgan fingerprint density at radius 3 is 2.43 bits per heavy atom. The number of halogens is 1. The van der Waals surface area contributed by atoms with Gasteiger partial charge in [-0.15, -0.1) is 12.4 Å². The van der Waals surface area contributed by atoms with Gasteiger partial charge in [-0.2, -0.15) is 0 Å². The smallest absolute Gasteiger partial charge is 0.333 e. The molecule has 6 nitrogen and oxygen atoms in total. The van der Waals surface area contributed by atoms with E-state index in [1.807, 2.05) is 13.8 Å². The first kappa shape index (κ1) is 21.9. The number of ether oxygens (including phenoxy) is 2. The van der Waals surface area contributed by atoms with Crippen LogP contribution in [-0.2, 0) is 19.1 Å². The summed E-state index contributed by atoms with van der Waals surface area (Å²) < 4.78 is 11.1. The number of hydrogen-bond acceptors (Lipinski definition) is 5. The van der Waals surface area contributed by atoms with E-state index < -0.39 is 6.10 Å². The Bertz CT molecular complexity index is 424. The fourth-order valence-electron chi connectivity index (χ4n) is 2.62. The number of carbonyl (C=O) groups is 2. The first-order valence-electron chi connectivity index (χ1n) is 7.98. The zero-order valence-electron chi connectivity index (χ0n) is 14.3. The van der Waals surface area contributed by atoms with E-state index in [1.54, 1.807) is 13.0 Å². The number of esters is 1. The summed E-state index contributed by atoms with van der Waals surface area (Å²) in [6, 6.07) is -0.719. The van der Waals surface area contributed by atoms with Gasteiger partial charge in [-0.1, -0.05) is 13.8 Å². The van der Waals surface area contributed by atoms with Crippen LogP contribution in [0.15, 0.2) is 11.6 Å². The molecule has 1 rings (SSSR count). The summed E-state index contributed by atoms with van der Waals surface area (Å²) in [4.78, 5) is 23.4. The van der Waals surface area contributed by atoms with Crippen molar-refractivity contribution in [1.82, 2.24) is 5.32 Å². The Hall–Kier alpha value is -1.11. The van der Waals surface area contributed by atoms with Crippen molar-refractivity contribution < 1.29 is 19.1 Å². The monoisotopic (exact) mass is 348 g/mol. The standard InChI is InChI=1S/C16H28N2O4.ClH/c1-5-12(6-2)22-14-9-11(16(20)21-7-3)8-13(17)15(14)18-10(4)19;/h9,12-15H,5-8,17H2,1-4H3,(H,18,19);1H/t13-,14+,15-;/m0./s1. The van der Waals surface area contributed by atoms with Crippen LogP contribution in [0.3, 0.4) is 0 Å². The number of amides is 1. The molecule has 3 N–H and O–H groups in total. The molecule has 0 unspecified atom stereocenters. The van der Waals surface area contributed by atoms with E-state index in [4.69, 9.17) is 15.2 Å². The quantitative estimate of drug-likeness (QED) is 0.683. The van der Waals surface area contributed by atoms with Crippen LogP contribution in [0, 0.1) is 0 Å². The van der Waals surface area contributed by atoms with Gasteiger partial charge < -0.3 is 20.5 Å². The van der Waals surface area contributed by atoms with Gasteiger partial charge in [0.2, 0.25) is 5.91 Å². The van der Waals surface area contributed by atoms with Crippen molar-refractivity contribution in [3.8, 4) is 0 Å². The highest BCUT2D eigenvalue weighted by molar-refractivity contribution is 5.89. The molecule has 0 aliphatic heterocycles. The molecule has 0 aromatic carbocycles. The number of rotatable bonds is 7. The predicted molar refractivity (Wildman–Crippen MR) is 91.4 cm³/mol. The maximum atomic E-state index is 12.0. The molecule has 1 aliphatic carbocycles. The van der Waals surface area contributed by atoms with Crippen molar-refractivity contribution >= 4 is 24.3 Å². The van der Waals surface area contributed by atoms with Crippen molar-refractivity contribution in [2.75, 3.05) is 6.61 Å². The molecule has 134 valence electrons. The van der Waals surface area contributed by atoms with E-state index in [9.17, 15) is 9.59 Å². The zero-order valence-corrected chi connectivity index (χ0v) is 15.2. The summed E-state index contributed by atoms with van der Waals surface area (Å²) in [7, 11) is 0. The minimum Gasteiger partial charge on any atom is -0.463 e. The van der Waals surface area contributed by atoms with Crippen LogP contribution in [0.2, 0.25) is 0 Å². The summed E-state index contributed by atoms with van der Waals surface area (Å²) in [5, 5.41) is 2.84. The molecule has 0 aromatic rings. The van der Waals surface area contributed by atoms with Crippen molar-refractivity contribution in [3.63, 3.8) is 0 Å². The van der Waals surface area contributed by atoms with Crippen LogP contribution in [0.5, 0.6) is 0 Å². The van der Waals surface area contributed by atoms with Gasteiger partial charge in [0.05, 0.1) is 24.9 Å². The maximum absolute atomic E-state index is 12.0. The Morgan fingerprint density at radius 2 is 1.96 bits per heavy atom. The van der Waals surface area contributed by atoms with Crippen molar-refractivity contribution in [1.29, 1.82) is 0 Å². The van der Waals surface area contributed by atoms with E-state index >= 15 is 0 Å². The molecular formula is C16H29ClN2O4. The van der Waals surface area contributed by atoms with Gasteiger partial charge in [0.1, 0.15) is 0 Å². The molecule has 0 radical (unpaired) electrons. The topological polar surface area (TPSA) is 90.6 Å². The third-order valence-electron chi connectivity index (χ3n) is 3.80. The van der Waals surface area contributed by atoms with Crippen molar-refractivity contribution in [2.45, 2.75) is 71.2 Å². The van der Waals surface area contributed by atoms with E-state index in [2.05, 4.69) is 5.32 Å². The lowest BCUT2D eigenvalue weighted by Crippen LogP contribution is -2.57. The van der Waals surface area contributed by atoms with Gasteiger partial charge in [-0.3, -0.25) is 4.79 Å². The van der Waals surface area contributed by atoms with Crippen LogP contribution in [0.25, 0.3) is 0 Å². The molecule has 0 spiro atoms. The molecule has 0 saturated carbocycles. The predicted octanol–water partition coefficient (Wildman–Crippen LogP) is 1.71. The molecule has 0 aromatic heterocycles. The highest BCUT2D eigenvalue weighted by Crippen LogP contribution is 2.24. The molecular weight excluding hydrogens is 320 g/mol. The summed E-state index contributed by atoms with van der Waals surface area (Å²) >= 11 is 0. The second-order valence-electron chi connectivity index (χ2n) is 5.55. The SMILES string of the molecule is CCOC(=O)C1=C[C@@H](OC(CC)CC)[C@@H](NC(C)=O)[C@@H](N)C1.Cl. The van der Waals surface area contributed by atoms with Crippen LogP contribution < -0.4 is 11.1 Å². The van der Waals surface area contributed by atoms with Crippen molar-refractivity contribution in [2.24, 2.45) is 5.73 Å². The second kappa shape index (κ2) is 10.6. The molecule has 0 heterocycles. The minimum atomic E-state index is -0.419. The Morgan fingerprint density at radius 1 is 1.35 bits per heavy atom. The summed E-state index contributed by atoms with van der Waals surface area (Å²) in [6.45, 7) is 7.62. The molecule has 0 fully saturated rings. The number of carbonyl (C=O) groups excluding carboxylic acids is 2. The number of hydrogen-bond donors (Lipinski definition) is 2. The molecule has 0 saturated heterocycles. The Balaban J connectivity index is 0.00000484. The fraction of sp³-hybridized carbons (Fsp3) is 0.750. The van der Waals surface area contributed by atoms with E-state index in [0.717, 1.165) is 12.8 Å². The van der Waals surface area contributed by atoms with Crippen molar-refractivity contribution in [3.05, 3.63) is 11.6 Å². The summed E-state index contributed by atoms with van der Waals surface area (Å²) in [5.41, 5.74) is 6.68. The molecule has 7 heteroatoms. The minimum absolute atomic E-state index is 0.